The van der Waals surface area contributed by atoms with Crippen LogP contribution in [-0.4, -0.2) is 38.6 Å². The first-order valence-electron chi connectivity index (χ1n) is 6.70. The van der Waals surface area contributed by atoms with Crippen LogP contribution in [0.1, 0.15) is 13.3 Å². The van der Waals surface area contributed by atoms with E-state index in [0.29, 0.717) is 18.7 Å². The molecule has 0 aromatic heterocycles. The highest BCUT2D eigenvalue weighted by molar-refractivity contribution is 5.79. The predicted molar refractivity (Wildman–Crippen MR) is 76.5 cm³/mol. The van der Waals surface area contributed by atoms with Crippen LogP contribution in [0.4, 0.5) is 13.2 Å². The van der Waals surface area contributed by atoms with Gasteiger partial charge in [0.05, 0.1) is 13.1 Å². The van der Waals surface area contributed by atoms with E-state index in [1.54, 1.807) is 12.1 Å². The summed E-state index contributed by atoms with van der Waals surface area (Å²) in [4.78, 5) is 3.83. The summed E-state index contributed by atoms with van der Waals surface area (Å²) < 4.78 is 42.9. The van der Waals surface area contributed by atoms with Crippen LogP contribution in [0.25, 0.3) is 0 Å². The first-order valence-corrected chi connectivity index (χ1v) is 6.70. The Morgan fingerprint density at radius 2 is 2.00 bits per heavy atom. The number of benzene rings is 1. The Morgan fingerprint density at radius 3 is 2.57 bits per heavy atom. The minimum absolute atomic E-state index is 0.225. The average Bonchev–Trinajstić information content (AvgIpc) is 2.45. The van der Waals surface area contributed by atoms with E-state index in [4.69, 9.17) is 4.74 Å². The molecule has 1 rings (SSSR count). The number of aliphatic imine (C=N–C) groups is 1. The van der Waals surface area contributed by atoms with Crippen molar-refractivity contribution < 1.29 is 17.9 Å². The Hall–Kier alpha value is -1.92. The molecule has 7 heteroatoms. The van der Waals surface area contributed by atoms with E-state index in [-0.39, 0.29) is 17.9 Å². The Kier molecular flexibility index (Phi) is 7.42. The van der Waals surface area contributed by atoms with Crippen molar-refractivity contribution in [3.63, 3.8) is 0 Å². The Labute approximate surface area is 122 Å². The number of alkyl halides is 2. The molecule has 1 aromatic carbocycles. The molecule has 0 amide bonds. The van der Waals surface area contributed by atoms with Crippen molar-refractivity contribution in [1.82, 2.24) is 10.6 Å². The van der Waals surface area contributed by atoms with E-state index in [0.717, 1.165) is 0 Å². The van der Waals surface area contributed by atoms with E-state index in [9.17, 15) is 13.2 Å². The number of nitrogens with zero attached hydrogens (tertiary/aromatic N) is 1. The monoisotopic (exact) mass is 303 g/mol. The quantitative estimate of drug-likeness (QED) is 0.600. The van der Waals surface area contributed by atoms with E-state index < -0.39 is 13.0 Å². The number of rotatable bonds is 7. The third-order valence-corrected chi connectivity index (χ3v) is 2.70. The molecule has 0 aliphatic heterocycles. The second-order valence-electron chi connectivity index (χ2n) is 4.33. The topological polar surface area (TPSA) is 45.7 Å². The van der Waals surface area contributed by atoms with Gasteiger partial charge in [0, 0.05) is 13.1 Å². The van der Waals surface area contributed by atoms with Gasteiger partial charge in [0.1, 0.15) is 17.7 Å². The van der Waals surface area contributed by atoms with Crippen LogP contribution in [0.3, 0.4) is 0 Å². The standard InChI is InChI=1S/C14H20F3N3O/c1-3-11(21-12-6-4-5-10(15)7-12)8-19-14(18-2)20-9-13(16)17/h4-7,11,13H,3,8-9H2,1-2H3,(H2,18,19,20). The molecule has 0 aliphatic carbocycles. The largest absolute Gasteiger partial charge is 0.489 e. The maximum Gasteiger partial charge on any atom is 0.255 e. The first kappa shape index (κ1) is 17.1. The lowest BCUT2D eigenvalue weighted by Crippen LogP contribution is -2.43. The van der Waals surface area contributed by atoms with Gasteiger partial charge in [-0.05, 0) is 18.6 Å². The van der Waals surface area contributed by atoms with Gasteiger partial charge in [0.2, 0.25) is 0 Å². The zero-order valence-electron chi connectivity index (χ0n) is 12.1. The van der Waals surface area contributed by atoms with Gasteiger partial charge in [0.15, 0.2) is 5.96 Å². The van der Waals surface area contributed by atoms with E-state index in [2.05, 4.69) is 15.6 Å². The van der Waals surface area contributed by atoms with Gasteiger partial charge in [0.25, 0.3) is 6.43 Å². The molecule has 0 bridgehead atoms. The Balaban J connectivity index is 2.46. The molecule has 0 heterocycles. The SMILES string of the molecule is CCC(CNC(=NC)NCC(F)F)Oc1cccc(F)c1. The smallest absolute Gasteiger partial charge is 0.255 e. The summed E-state index contributed by atoms with van der Waals surface area (Å²) in [6.45, 7) is 1.82. The minimum atomic E-state index is -2.45. The maximum absolute atomic E-state index is 13.1. The average molecular weight is 303 g/mol. The van der Waals surface area contributed by atoms with Crippen molar-refractivity contribution in [3.8, 4) is 5.75 Å². The van der Waals surface area contributed by atoms with Crippen molar-refractivity contribution in [1.29, 1.82) is 0 Å². The Bertz CT molecular complexity index is 455. The molecular weight excluding hydrogens is 283 g/mol. The molecule has 1 unspecified atom stereocenters. The zero-order valence-corrected chi connectivity index (χ0v) is 12.1. The summed E-state index contributed by atoms with van der Waals surface area (Å²) in [5, 5.41) is 5.39. The van der Waals surface area contributed by atoms with Crippen LogP contribution in [0, 0.1) is 5.82 Å². The third kappa shape index (κ3) is 6.87. The van der Waals surface area contributed by atoms with Gasteiger partial charge in [-0.2, -0.15) is 0 Å². The van der Waals surface area contributed by atoms with Crippen molar-refractivity contribution >= 4 is 5.96 Å². The van der Waals surface area contributed by atoms with Gasteiger partial charge in [-0.15, -0.1) is 0 Å². The molecule has 0 aliphatic rings. The van der Waals surface area contributed by atoms with Gasteiger partial charge in [-0.1, -0.05) is 13.0 Å². The molecule has 0 spiro atoms. The predicted octanol–water partition coefficient (Wildman–Crippen LogP) is 2.41. The maximum atomic E-state index is 13.1. The number of hydrogen-bond donors (Lipinski definition) is 2. The summed E-state index contributed by atoms with van der Waals surface area (Å²) in [7, 11) is 1.50. The molecule has 118 valence electrons. The lowest BCUT2D eigenvalue weighted by Gasteiger charge is -2.20. The molecule has 0 saturated heterocycles. The van der Waals surface area contributed by atoms with Crippen molar-refractivity contribution in [3.05, 3.63) is 30.1 Å². The lowest BCUT2D eigenvalue weighted by molar-refractivity contribution is 0.152. The van der Waals surface area contributed by atoms with Crippen LogP contribution in [0.5, 0.6) is 5.75 Å². The van der Waals surface area contributed by atoms with Crippen LogP contribution < -0.4 is 15.4 Å². The number of halogens is 3. The summed E-state index contributed by atoms with van der Waals surface area (Å²) in [6.07, 6.45) is -2.00. The lowest BCUT2D eigenvalue weighted by atomic mass is 10.2. The molecule has 1 aromatic rings. The van der Waals surface area contributed by atoms with Crippen LogP contribution in [-0.2, 0) is 0 Å². The molecule has 0 radical (unpaired) electrons. The fourth-order valence-corrected chi connectivity index (χ4v) is 1.61. The summed E-state index contributed by atoms with van der Waals surface area (Å²) in [6, 6.07) is 5.86. The summed E-state index contributed by atoms with van der Waals surface area (Å²) in [5.41, 5.74) is 0. The molecule has 2 N–H and O–H groups in total. The summed E-state index contributed by atoms with van der Waals surface area (Å²) in [5.74, 6) is 0.334. The normalized spacial score (nSPS) is 13.1. The highest BCUT2D eigenvalue weighted by Gasteiger charge is 2.10. The van der Waals surface area contributed by atoms with Gasteiger partial charge >= 0.3 is 0 Å². The van der Waals surface area contributed by atoms with E-state index in [1.165, 1.54) is 19.2 Å². The van der Waals surface area contributed by atoms with Gasteiger partial charge in [-0.3, -0.25) is 4.99 Å². The highest BCUT2D eigenvalue weighted by Crippen LogP contribution is 2.14. The molecule has 0 saturated carbocycles. The van der Waals surface area contributed by atoms with E-state index >= 15 is 0 Å². The second kappa shape index (κ2) is 9.10. The molecule has 0 fully saturated rings. The number of nitrogens with one attached hydrogen (secondary N) is 2. The Morgan fingerprint density at radius 1 is 1.29 bits per heavy atom. The van der Waals surface area contributed by atoms with Crippen LogP contribution in [0.15, 0.2) is 29.3 Å². The highest BCUT2D eigenvalue weighted by atomic mass is 19.3. The number of ether oxygens (including phenoxy) is 1. The molecule has 21 heavy (non-hydrogen) atoms. The third-order valence-electron chi connectivity index (χ3n) is 2.70. The zero-order chi connectivity index (χ0) is 15.7. The van der Waals surface area contributed by atoms with Crippen LogP contribution >= 0.6 is 0 Å². The van der Waals surface area contributed by atoms with Crippen molar-refractivity contribution in [2.24, 2.45) is 4.99 Å². The summed E-state index contributed by atoms with van der Waals surface area (Å²) >= 11 is 0. The number of guanidine groups is 1. The van der Waals surface area contributed by atoms with Crippen molar-refractivity contribution in [2.75, 3.05) is 20.1 Å². The van der Waals surface area contributed by atoms with Crippen molar-refractivity contribution in [2.45, 2.75) is 25.9 Å². The van der Waals surface area contributed by atoms with Gasteiger partial charge < -0.3 is 15.4 Å². The molecular formula is C14H20F3N3O. The minimum Gasteiger partial charge on any atom is -0.489 e. The molecule has 4 nitrogen and oxygen atoms in total. The number of hydrogen-bond acceptors (Lipinski definition) is 2. The fourth-order valence-electron chi connectivity index (χ4n) is 1.61. The van der Waals surface area contributed by atoms with Crippen LogP contribution in [0.2, 0.25) is 0 Å². The first-order chi connectivity index (χ1) is 10.0. The second-order valence-corrected chi connectivity index (χ2v) is 4.33. The van der Waals surface area contributed by atoms with Gasteiger partial charge in [-0.25, -0.2) is 13.2 Å². The molecule has 1 atom stereocenters. The fraction of sp³-hybridized carbons (Fsp3) is 0.500. The van der Waals surface area contributed by atoms with E-state index in [1.807, 2.05) is 6.92 Å².